The lowest BCUT2D eigenvalue weighted by Crippen LogP contribution is -2.17. The number of carbonyl (C=O) groups excluding carboxylic acids is 1. The summed E-state index contributed by atoms with van der Waals surface area (Å²) in [6.07, 6.45) is 4.78. The van der Waals surface area contributed by atoms with Gasteiger partial charge in [-0.25, -0.2) is 0 Å². The van der Waals surface area contributed by atoms with Crippen LogP contribution < -0.4 is 0 Å². The largest absolute Gasteiger partial charge is 0.463 e. The van der Waals surface area contributed by atoms with Gasteiger partial charge in [-0.15, -0.1) is 0 Å². The highest BCUT2D eigenvalue weighted by Crippen LogP contribution is 2.12. The number of hydrogen-bond acceptors (Lipinski definition) is 3. The molecule has 0 aromatic rings. The van der Waals surface area contributed by atoms with Crippen LogP contribution in [-0.2, 0) is 14.3 Å². The molecule has 0 aromatic carbocycles. The van der Waals surface area contributed by atoms with Crippen molar-refractivity contribution in [3.05, 3.63) is 0 Å². The van der Waals surface area contributed by atoms with E-state index >= 15 is 0 Å². The Labute approximate surface area is 79.4 Å². The molecular formula is C10H18O3. The zero-order valence-electron chi connectivity index (χ0n) is 8.25. The lowest BCUT2D eigenvalue weighted by Gasteiger charge is -2.09. The lowest BCUT2D eigenvalue weighted by molar-refractivity contribution is -0.147. The zero-order chi connectivity index (χ0) is 9.52. The maximum Gasteiger partial charge on any atom is 0.305 e. The van der Waals surface area contributed by atoms with Crippen molar-refractivity contribution in [3.63, 3.8) is 0 Å². The lowest BCUT2D eigenvalue weighted by atomic mass is 10.2. The highest BCUT2D eigenvalue weighted by molar-refractivity contribution is 5.69. The molecule has 0 N–H and O–H groups in total. The van der Waals surface area contributed by atoms with E-state index in [1.807, 2.05) is 0 Å². The predicted octanol–water partition coefficient (Wildman–Crippen LogP) is 1.90. The van der Waals surface area contributed by atoms with E-state index < -0.39 is 0 Å². The summed E-state index contributed by atoms with van der Waals surface area (Å²) in [6, 6.07) is 0. The molecule has 0 saturated carbocycles. The Balaban J connectivity index is 2.00. The van der Waals surface area contributed by atoms with Gasteiger partial charge in [0.05, 0.1) is 6.10 Å². The van der Waals surface area contributed by atoms with Crippen LogP contribution in [-0.4, -0.2) is 25.3 Å². The SMILES string of the molecule is CCCCC(=O)OCC1CCCO1. The van der Waals surface area contributed by atoms with E-state index in [9.17, 15) is 4.79 Å². The van der Waals surface area contributed by atoms with Crippen LogP contribution in [0.4, 0.5) is 0 Å². The Morgan fingerprint density at radius 2 is 2.46 bits per heavy atom. The maximum absolute atomic E-state index is 11.1. The first-order valence-electron chi connectivity index (χ1n) is 5.10. The predicted molar refractivity (Wildman–Crippen MR) is 49.5 cm³/mol. The van der Waals surface area contributed by atoms with Crippen LogP contribution in [0.1, 0.15) is 39.0 Å². The highest BCUT2D eigenvalue weighted by atomic mass is 16.6. The van der Waals surface area contributed by atoms with Crippen molar-refractivity contribution >= 4 is 5.97 Å². The molecule has 0 aromatic heterocycles. The zero-order valence-corrected chi connectivity index (χ0v) is 8.25. The first kappa shape index (κ1) is 10.5. The molecule has 1 aliphatic rings. The fraction of sp³-hybridized carbons (Fsp3) is 0.900. The van der Waals surface area contributed by atoms with Crippen LogP contribution in [0.15, 0.2) is 0 Å². The van der Waals surface area contributed by atoms with E-state index in [0.717, 1.165) is 32.3 Å². The van der Waals surface area contributed by atoms with Crippen LogP contribution in [0.25, 0.3) is 0 Å². The van der Waals surface area contributed by atoms with Gasteiger partial charge in [-0.3, -0.25) is 4.79 Å². The summed E-state index contributed by atoms with van der Waals surface area (Å²) in [6.45, 7) is 3.33. The van der Waals surface area contributed by atoms with Crippen molar-refractivity contribution in [2.75, 3.05) is 13.2 Å². The maximum atomic E-state index is 11.1. The fourth-order valence-electron chi connectivity index (χ4n) is 1.35. The highest BCUT2D eigenvalue weighted by Gasteiger charge is 2.16. The van der Waals surface area contributed by atoms with Gasteiger partial charge < -0.3 is 9.47 Å². The third-order valence-corrected chi connectivity index (χ3v) is 2.19. The van der Waals surface area contributed by atoms with Crippen molar-refractivity contribution in [2.45, 2.75) is 45.1 Å². The second kappa shape index (κ2) is 5.97. The normalized spacial score (nSPS) is 21.8. The Morgan fingerprint density at radius 1 is 1.62 bits per heavy atom. The molecule has 13 heavy (non-hydrogen) atoms. The van der Waals surface area contributed by atoms with Crippen LogP contribution >= 0.6 is 0 Å². The molecule has 1 saturated heterocycles. The monoisotopic (exact) mass is 186 g/mol. The molecule has 1 fully saturated rings. The Morgan fingerprint density at radius 3 is 3.08 bits per heavy atom. The minimum Gasteiger partial charge on any atom is -0.463 e. The first-order valence-corrected chi connectivity index (χ1v) is 5.10. The van der Waals surface area contributed by atoms with Gasteiger partial charge in [0.25, 0.3) is 0 Å². The van der Waals surface area contributed by atoms with Gasteiger partial charge in [-0.05, 0) is 19.3 Å². The van der Waals surface area contributed by atoms with Gasteiger partial charge in [0.2, 0.25) is 0 Å². The standard InChI is InChI=1S/C10H18O3/c1-2-3-6-10(11)13-8-9-5-4-7-12-9/h9H,2-8H2,1H3. The van der Waals surface area contributed by atoms with Crippen LogP contribution in [0.5, 0.6) is 0 Å². The molecule has 0 spiro atoms. The van der Waals surface area contributed by atoms with Crippen LogP contribution in [0, 0.1) is 0 Å². The molecule has 3 heteroatoms. The van der Waals surface area contributed by atoms with Crippen LogP contribution in [0.2, 0.25) is 0 Å². The number of unbranched alkanes of at least 4 members (excludes halogenated alkanes) is 1. The van der Waals surface area contributed by atoms with Crippen molar-refractivity contribution in [1.82, 2.24) is 0 Å². The molecule has 0 amide bonds. The molecule has 0 radical (unpaired) electrons. The van der Waals surface area contributed by atoms with Gasteiger partial charge >= 0.3 is 5.97 Å². The molecular weight excluding hydrogens is 168 g/mol. The summed E-state index contributed by atoms with van der Waals surface area (Å²) in [5.41, 5.74) is 0. The fourth-order valence-corrected chi connectivity index (χ4v) is 1.35. The summed E-state index contributed by atoms with van der Waals surface area (Å²) < 4.78 is 10.4. The Kier molecular flexibility index (Phi) is 4.83. The van der Waals surface area contributed by atoms with Gasteiger partial charge in [0, 0.05) is 13.0 Å². The van der Waals surface area contributed by atoms with Gasteiger partial charge in [-0.1, -0.05) is 13.3 Å². The van der Waals surface area contributed by atoms with E-state index in [4.69, 9.17) is 9.47 Å². The van der Waals surface area contributed by atoms with E-state index in [1.54, 1.807) is 0 Å². The van der Waals surface area contributed by atoms with E-state index in [-0.39, 0.29) is 12.1 Å². The summed E-state index contributed by atoms with van der Waals surface area (Å²) in [7, 11) is 0. The molecule has 1 unspecified atom stereocenters. The second-order valence-electron chi connectivity index (χ2n) is 3.42. The van der Waals surface area contributed by atoms with Crippen molar-refractivity contribution in [3.8, 4) is 0 Å². The van der Waals surface area contributed by atoms with E-state index in [0.29, 0.717) is 13.0 Å². The summed E-state index contributed by atoms with van der Waals surface area (Å²) in [4.78, 5) is 11.1. The molecule has 76 valence electrons. The van der Waals surface area contributed by atoms with Crippen LogP contribution in [0.3, 0.4) is 0 Å². The van der Waals surface area contributed by atoms with E-state index in [1.165, 1.54) is 0 Å². The van der Waals surface area contributed by atoms with Crippen molar-refractivity contribution in [2.24, 2.45) is 0 Å². The summed E-state index contributed by atoms with van der Waals surface area (Å²) in [5.74, 6) is -0.0858. The number of rotatable bonds is 5. The topological polar surface area (TPSA) is 35.5 Å². The van der Waals surface area contributed by atoms with Crippen molar-refractivity contribution < 1.29 is 14.3 Å². The quantitative estimate of drug-likeness (QED) is 0.615. The molecule has 1 rings (SSSR count). The van der Waals surface area contributed by atoms with Gasteiger partial charge in [-0.2, -0.15) is 0 Å². The van der Waals surface area contributed by atoms with Gasteiger partial charge in [0.15, 0.2) is 0 Å². The molecule has 0 bridgehead atoms. The Hall–Kier alpha value is -0.570. The molecule has 3 nitrogen and oxygen atoms in total. The number of hydrogen-bond donors (Lipinski definition) is 0. The third kappa shape index (κ3) is 4.27. The van der Waals surface area contributed by atoms with Gasteiger partial charge in [0.1, 0.15) is 6.61 Å². The molecule has 1 aliphatic heterocycles. The first-order chi connectivity index (χ1) is 6.33. The average Bonchev–Trinajstić information content (AvgIpc) is 2.64. The smallest absolute Gasteiger partial charge is 0.305 e. The summed E-state index contributed by atoms with van der Waals surface area (Å²) >= 11 is 0. The molecule has 1 atom stereocenters. The van der Waals surface area contributed by atoms with Crippen molar-refractivity contribution in [1.29, 1.82) is 0 Å². The average molecular weight is 186 g/mol. The molecule has 1 heterocycles. The summed E-state index contributed by atoms with van der Waals surface area (Å²) in [5, 5.41) is 0. The van der Waals surface area contributed by atoms with E-state index in [2.05, 4.69) is 6.92 Å². The number of esters is 1. The number of ether oxygens (including phenoxy) is 2. The third-order valence-electron chi connectivity index (χ3n) is 2.19. The Bertz CT molecular complexity index is 150. The second-order valence-corrected chi connectivity index (χ2v) is 3.42. The molecule has 0 aliphatic carbocycles. The number of carbonyl (C=O) groups is 1. The minimum atomic E-state index is -0.0858. The minimum absolute atomic E-state index is 0.0858.